The summed E-state index contributed by atoms with van der Waals surface area (Å²) in [6, 6.07) is 6.41. The third-order valence-corrected chi connectivity index (χ3v) is 3.84. The summed E-state index contributed by atoms with van der Waals surface area (Å²) in [5.74, 6) is 0. The number of aryl methyl sites for hydroxylation is 1. The minimum atomic E-state index is -4.41. The third kappa shape index (κ3) is 3.66. The summed E-state index contributed by atoms with van der Waals surface area (Å²) in [7, 11) is 0. The van der Waals surface area contributed by atoms with Gasteiger partial charge in [-0.3, -0.25) is 0 Å². The maximum absolute atomic E-state index is 13.6. The van der Waals surface area contributed by atoms with Gasteiger partial charge in [0.25, 0.3) is 0 Å². The molecule has 1 unspecified atom stereocenters. The highest BCUT2D eigenvalue weighted by Crippen LogP contribution is 2.46. The largest absolute Gasteiger partial charge is 0.402 e. The van der Waals surface area contributed by atoms with Crippen LogP contribution < -0.4 is 0 Å². The predicted octanol–water partition coefficient (Wildman–Crippen LogP) is 5.89. The molecule has 0 radical (unpaired) electrons. The van der Waals surface area contributed by atoms with Gasteiger partial charge in [0.15, 0.2) is 0 Å². The van der Waals surface area contributed by atoms with Crippen LogP contribution in [0.4, 0.5) is 13.2 Å². The monoisotopic (exact) mass is 294 g/mol. The lowest BCUT2D eigenvalue weighted by Crippen LogP contribution is -2.40. The van der Waals surface area contributed by atoms with Gasteiger partial charge in [-0.2, -0.15) is 13.2 Å². The highest BCUT2D eigenvalue weighted by molar-refractivity contribution is 5.43. The molecule has 1 aromatic rings. The highest BCUT2D eigenvalue weighted by Gasteiger charge is 2.53. The van der Waals surface area contributed by atoms with Gasteiger partial charge in [-0.15, -0.1) is 0 Å². The fraction of sp³-hybridized carbons (Fsp3) is 0.333. The van der Waals surface area contributed by atoms with Crippen LogP contribution in [-0.2, 0) is 5.41 Å². The smallest absolute Gasteiger partial charge is 0.170 e. The number of allylic oxidation sites excluding steroid dienone is 5. The van der Waals surface area contributed by atoms with E-state index < -0.39 is 11.6 Å². The summed E-state index contributed by atoms with van der Waals surface area (Å²) < 4.78 is 40.9. The van der Waals surface area contributed by atoms with Gasteiger partial charge in [0.05, 0.1) is 0 Å². The fourth-order valence-electron chi connectivity index (χ4n) is 1.91. The molecule has 1 aromatic carbocycles. The molecule has 21 heavy (non-hydrogen) atoms. The first-order chi connectivity index (χ1) is 9.62. The molecule has 1 atom stereocenters. The van der Waals surface area contributed by atoms with E-state index in [1.165, 1.54) is 25.1 Å². The Balaban J connectivity index is 3.32. The summed E-state index contributed by atoms with van der Waals surface area (Å²) in [6.07, 6.45) is 0.525. The van der Waals surface area contributed by atoms with Crippen LogP contribution in [0.25, 0.3) is 0 Å². The minimum absolute atomic E-state index is 0.0278. The molecule has 0 saturated carbocycles. The topological polar surface area (TPSA) is 0 Å². The van der Waals surface area contributed by atoms with E-state index in [2.05, 4.69) is 6.58 Å². The number of rotatable bonds is 4. The van der Waals surface area contributed by atoms with Gasteiger partial charge in [0.2, 0.25) is 0 Å². The van der Waals surface area contributed by atoms with E-state index in [0.29, 0.717) is 0 Å². The third-order valence-electron chi connectivity index (χ3n) is 3.84. The van der Waals surface area contributed by atoms with Gasteiger partial charge in [0.1, 0.15) is 5.41 Å². The number of hydrogen-bond donors (Lipinski definition) is 0. The average Bonchev–Trinajstić information content (AvgIpc) is 2.42. The number of alkyl halides is 3. The maximum Gasteiger partial charge on any atom is 0.402 e. The molecule has 0 aliphatic carbocycles. The van der Waals surface area contributed by atoms with Crippen LogP contribution in [0.1, 0.15) is 31.9 Å². The van der Waals surface area contributed by atoms with E-state index in [0.717, 1.165) is 11.1 Å². The summed E-state index contributed by atoms with van der Waals surface area (Å²) >= 11 is 0. The van der Waals surface area contributed by atoms with Crippen molar-refractivity contribution in [2.45, 2.75) is 39.3 Å². The molecule has 0 amide bonds. The molecule has 0 spiro atoms. The molecule has 0 nitrogen and oxygen atoms in total. The van der Waals surface area contributed by atoms with Crippen LogP contribution >= 0.6 is 0 Å². The maximum atomic E-state index is 13.6. The van der Waals surface area contributed by atoms with Crippen molar-refractivity contribution >= 4 is 0 Å². The second kappa shape index (κ2) is 6.33. The Morgan fingerprint density at radius 1 is 1.10 bits per heavy atom. The Labute approximate surface area is 124 Å². The van der Waals surface area contributed by atoms with Crippen LogP contribution in [0.2, 0.25) is 0 Å². The highest BCUT2D eigenvalue weighted by atomic mass is 19.4. The van der Waals surface area contributed by atoms with Crippen molar-refractivity contribution < 1.29 is 13.2 Å². The number of halogens is 3. The van der Waals surface area contributed by atoms with Crippen molar-refractivity contribution in [3.63, 3.8) is 0 Å². The minimum Gasteiger partial charge on any atom is -0.170 e. The first kappa shape index (κ1) is 17.3. The number of hydrogen-bond acceptors (Lipinski definition) is 0. The van der Waals surface area contributed by atoms with Crippen LogP contribution in [0, 0.1) is 6.92 Å². The molecule has 1 rings (SSSR count). The van der Waals surface area contributed by atoms with Crippen molar-refractivity contribution in [3.05, 3.63) is 71.3 Å². The van der Waals surface area contributed by atoms with Crippen molar-refractivity contribution in [1.82, 2.24) is 0 Å². The van der Waals surface area contributed by atoms with Crippen molar-refractivity contribution in [2.75, 3.05) is 0 Å². The molecule has 0 aliphatic rings. The Hall–Kier alpha value is -1.77. The normalized spacial score (nSPS) is 16.0. The van der Waals surface area contributed by atoms with E-state index >= 15 is 0 Å². The Morgan fingerprint density at radius 2 is 1.62 bits per heavy atom. The molecule has 114 valence electrons. The zero-order valence-electron chi connectivity index (χ0n) is 12.9. The van der Waals surface area contributed by atoms with E-state index in [1.54, 1.807) is 18.2 Å². The molecule has 0 fully saturated rings. The van der Waals surface area contributed by atoms with Gasteiger partial charge in [-0.25, -0.2) is 0 Å². The Bertz CT molecular complexity index is 559. The van der Waals surface area contributed by atoms with E-state index in [9.17, 15) is 13.2 Å². The zero-order valence-corrected chi connectivity index (χ0v) is 12.9. The first-order valence-electron chi connectivity index (χ1n) is 6.77. The van der Waals surface area contributed by atoms with E-state index in [-0.39, 0.29) is 11.1 Å². The molecular formula is C18H21F3. The van der Waals surface area contributed by atoms with Crippen LogP contribution in [0.5, 0.6) is 0 Å². The molecular weight excluding hydrogens is 273 g/mol. The van der Waals surface area contributed by atoms with Gasteiger partial charge in [-0.05, 0) is 38.8 Å². The molecule has 0 saturated heterocycles. The Kier molecular flexibility index (Phi) is 5.21. The van der Waals surface area contributed by atoms with Crippen LogP contribution in [-0.4, -0.2) is 6.18 Å². The Morgan fingerprint density at radius 3 is 2.05 bits per heavy atom. The van der Waals surface area contributed by atoms with Gasteiger partial charge in [-0.1, -0.05) is 60.2 Å². The van der Waals surface area contributed by atoms with Crippen LogP contribution in [0.15, 0.2) is 60.2 Å². The van der Waals surface area contributed by atoms with Gasteiger partial charge in [0, 0.05) is 0 Å². The average molecular weight is 294 g/mol. The second-order valence-electron chi connectivity index (χ2n) is 5.38. The lowest BCUT2D eigenvalue weighted by molar-refractivity contribution is -0.173. The summed E-state index contributed by atoms with van der Waals surface area (Å²) in [6.45, 7) is 10.4. The molecule has 0 aromatic heterocycles. The first-order valence-corrected chi connectivity index (χ1v) is 6.77. The van der Waals surface area contributed by atoms with E-state index in [4.69, 9.17) is 0 Å². The van der Waals surface area contributed by atoms with Crippen molar-refractivity contribution in [1.29, 1.82) is 0 Å². The lowest BCUT2D eigenvalue weighted by Gasteiger charge is -2.33. The molecule has 0 heterocycles. The number of benzene rings is 1. The quantitative estimate of drug-likeness (QED) is 0.607. The molecule has 0 bridgehead atoms. The summed E-state index contributed by atoms with van der Waals surface area (Å²) in [5.41, 5.74) is -0.0437. The van der Waals surface area contributed by atoms with E-state index in [1.807, 2.05) is 26.8 Å². The molecule has 0 N–H and O–H groups in total. The second-order valence-corrected chi connectivity index (χ2v) is 5.38. The lowest BCUT2D eigenvalue weighted by atomic mass is 9.75. The van der Waals surface area contributed by atoms with Crippen LogP contribution in [0.3, 0.4) is 0 Å². The van der Waals surface area contributed by atoms with Gasteiger partial charge < -0.3 is 0 Å². The van der Waals surface area contributed by atoms with Crippen molar-refractivity contribution in [3.8, 4) is 0 Å². The zero-order chi connectivity index (χ0) is 16.3. The summed E-state index contributed by atoms with van der Waals surface area (Å²) in [5, 5.41) is 0. The van der Waals surface area contributed by atoms with Crippen molar-refractivity contribution in [2.24, 2.45) is 0 Å². The standard InChI is InChI=1S/C18H21F3/c1-6-13(2)7-10-15(4)17(5,18(19,20)21)16-11-8-14(3)9-12-16/h6-12H,4H2,1-3,5H3/b10-7-,13-6-. The van der Waals surface area contributed by atoms with Gasteiger partial charge >= 0.3 is 6.18 Å². The summed E-state index contributed by atoms with van der Waals surface area (Å²) in [4.78, 5) is 0. The SMILES string of the molecule is C=C(/C=C\C(C)=C/C)C(C)(c1ccc(C)cc1)C(F)(F)F. The molecule has 3 heteroatoms. The molecule has 0 aliphatic heterocycles. The predicted molar refractivity (Wildman–Crippen MR) is 82.3 cm³/mol. The fourth-order valence-corrected chi connectivity index (χ4v) is 1.91.